The zero-order chi connectivity index (χ0) is 18.2. The van der Waals surface area contributed by atoms with Crippen molar-refractivity contribution in [2.24, 2.45) is 0 Å². The van der Waals surface area contributed by atoms with Crippen molar-refractivity contribution in [1.82, 2.24) is 9.78 Å². The molecule has 5 nitrogen and oxygen atoms in total. The lowest BCUT2D eigenvalue weighted by Gasteiger charge is -2.10. The Morgan fingerprint density at radius 1 is 1.04 bits per heavy atom. The standard InChI is InChI=1S/C17H15F2N3O2S/c1-11-17(12(2)22(20-11)14-6-4-3-5-7-14)21-25(23,24)16-10-13(18)8-9-15(16)19/h3-10,21H,1-2H3. The molecule has 0 saturated carbocycles. The van der Waals surface area contributed by atoms with Crippen LogP contribution in [-0.2, 0) is 10.0 Å². The van der Waals surface area contributed by atoms with Gasteiger partial charge < -0.3 is 0 Å². The average Bonchev–Trinajstić information content (AvgIpc) is 2.85. The van der Waals surface area contributed by atoms with Gasteiger partial charge in [-0.1, -0.05) is 18.2 Å². The lowest BCUT2D eigenvalue weighted by Crippen LogP contribution is -2.16. The van der Waals surface area contributed by atoms with Crippen molar-refractivity contribution < 1.29 is 17.2 Å². The Morgan fingerprint density at radius 3 is 2.40 bits per heavy atom. The predicted octanol–water partition coefficient (Wildman–Crippen LogP) is 3.57. The van der Waals surface area contributed by atoms with Gasteiger partial charge in [-0.2, -0.15) is 5.10 Å². The molecule has 130 valence electrons. The highest BCUT2D eigenvalue weighted by Gasteiger charge is 2.24. The molecule has 0 aliphatic heterocycles. The monoisotopic (exact) mass is 363 g/mol. The third kappa shape index (κ3) is 3.25. The van der Waals surface area contributed by atoms with Crippen LogP contribution in [0.5, 0.6) is 0 Å². The molecule has 1 N–H and O–H groups in total. The van der Waals surface area contributed by atoms with E-state index in [-0.39, 0.29) is 5.69 Å². The van der Waals surface area contributed by atoms with Crippen LogP contribution in [0.25, 0.3) is 5.69 Å². The van der Waals surface area contributed by atoms with Gasteiger partial charge in [0, 0.05) is 0 Å². The van der Waals surface area contributed by atoms with Crippen molar-refractivity contribution in [2.75, 3.05) is 4.72 Å². The first-order valence-electron chi connectivity index (χ1n) is 7.39. The van der Waals surface area contributed by atoms with Gasteiger partial charge in [0.1, 0.15) is 16.5 Å². The minimum absolute atomic E-state index is 0.229. The normalized spacial score (nSPS) is 11.5. The molecular weight excluding hydrogens is 348 g/mol. The summed E-state index contributed by atoms with van der Waals surface area (Å²) in [5, 5.41) is 4.32. The van der Waals surface area contributed by atoms with E-state index in [0.717, 1.165) is 17.8 Å². The molecule has 0 atom stereocenters. The van der Waals surface area contributed by atoms with Crippen molar-refractivity contribution in [1.29, 1.82) is 0 Å². The Bertz CT molecular complexity index is 1030. The van der Waals surface area contributed by atoms with Crippen LogP contribution in [0.15, 0.2) is 53.4 Å². The fraction of sp³-hybridized carbons (Fsp3) is 0.118. The number of para-hydroxylation sites is 1. The number of hydrogen-bond donors (Lipinski definition) is 1. The lowest BCUT2D eigenvalue weighted by molar-refractivity contribution is 0.555. The Morgan fingerprint density at radius 2 is 1.72 bits per heavy atom. The fourth-order valence-electron chi connectivity index (χ4n) is 2.48. The van der Waals surface area contributed by atoms with Gasteiger partial charge in [0.15, 0.2) is 0 Å². The topological polar surface area (TPSA) is 64.0 Å². The molecular formula is C17H15F2N3O2S. The summed E-state index contributed by atoms with van der Waals surface area (Å²) in [4.78, 5) is -0.751. The second kappa shape index (κ2) is 6.29. The van der Waals surface area contributed by atoms with Gasteiger partial charge in [0.2, 0.25) is 0 Å². The van der Waals surface area contributed by atoms with Crippen LogP contribution < -0.4 is 4.72 Å². The number of sulfonamides is 1. The van der Waals surface area contributed by atoms with E-state index in [0.29, 0.717) is 17.5 Å². The molecule has 0 aliphatic carbocycles. The van der Waals surface area contributed by atoms with E-state index < -0.39 is 26.6 Å². The second-order valence-corrected chi connectivity index (χ2v) is 7.12. The van der Waals surface area contributed by atoms with Crippen molar-refractivity contribution in [3.63, 3.8) is 0 Å². The number of aromatic nitrogens is 2. The number of aryl methyl sites for hydroxylation is 1. The summed E-state index contributed by atoms with van der Waals surface area (Å²) in [6, 6.07) is 11.4. The van der Waals surface area contributed by atoms with E-state index in [1.54, 1.807) is 18.5 Å². The first kappa shape index (κ1) is 17.1. The van der Waals surface area contributed by atoms with Crippen molar-refractivity contribution >= 4 is 15.7 Å². The van der Waals surface area contributed by atoms with Crippen LogP contribution in [0.3, 0.4) is 0 Å². The number of rotatable bonds is 4. The molecule has 2 aromatic carbocycles. The summed E-state index contributed by atoms with van der Waals surface area (Å²) in [7, 11) is -4.30. The van der Waals surface area contributed by atoms with E-state index in [9.17, 15) is 17.2 Å². The predicted molar refractivity (Wildman–Crippen MR) is 90.2 cm³/mol. The van der Waals surface area contributed by atoms with E-state index >= 15 is 0 Å². The molecule has 0 amide bonds. The Kier molecular flexibility index (Phi) is 4.30. The molecule has 0 radical (unpaired) electrons. The minimum atomic E-state index is -4.30. The van der Waals surface area contributed by atoms with Crippen LogP contribution in [-0.4, -0.2) is 18.2 Å². The van der Waals surface area contributed by atoms with E-state index in [2.05, 4.69) is 9.82 Å². The van der Waals surface area contributed by atoms with Crippen molar-refractivity contribution in [3.8, 4) is 5.69 Å². The number of halogens is 2. The highest BCUT2D eigenvalue weighted by atomic mass is 32.2. The third-order valence-corrected chi connectivity index (χ3v) is 5.08. The van der Waals surface area contributed by atoms with E-state index in [4.69, 9.17) is 0 Å². The summed E-state index contributed by atoms with van der Waals surface area (Å²) in [5.41, 5.74) is 1.93. The highest BCUT2D eigenvalue weighted by molar-refractivity contribution is 7.92. The van der Waals surface area contributed by atoms with Gasteiger partial charge in [0.25, 0.3) is 10.0 Å². The first-order chi connectivity index (χ1) is 11.8. The maximum Gasteiger partial charge on any atom is 0.265 e. The van der Waals surface area contributed by atoms with Gasteiger partial charge >= 0.3 is 0 Å². The van der Waals surface area contributed by atoms with Crippen LogP contribution in [0.4, 0.5) is 14.5 Å². The Balaban J connectivity index is 2.04. The summed E-state index contributed by atoms with van der Waals surface area (Å²) >= 11 is 0. The zero-order valence-electron chi connectivity index (χ0n) is 13.5. The van der Waals surface area contributed by atoms with Crippen LogP contribution in [0.1, 0.15) is 11.4 Å². The number of nitrogens with one attached hydrogen (secondary N) is 1. The second-order valence-electron chi connectivity index (χ2n) is 5.47. The van der Waals surface area contributed by atoms with Crippen molar-refractivity contribution in [3.05, 3.63) is 71.6 Å². The molecule has 0 spiro atoms. The van der Waals surface area contributed by atoms with Gasteiger partial charge in [0.05, 0.1) is 22.8 Å². The van der Waals surface area contributed by atoms with Crippen LogP contribution in [0.2, 0.25) is 0 Å². The number of nitrogens with zero attached hydrogens (tertiary/aromatic N) is 2. The lowest BCUT2D eigenvalue weighted by atomic mass is 10.3. The van der Waals surface area contributed by atoms with Gasteiger partial charge in [-0.05, 0) is 44.2 Å². The molecule has 0 aliphatic rings. The van der Waals surface area contributed by atoms with Gasteiger partial charge in [-0.15, -0.1) is 0 Å². The van der Waals surface area contributed by atoms with Gasteiger partial charge in [-0.25, -0.2) is 21.9 Å². The number of hydrogen-bond acceptors (Lipinski definition) is 3. The highest BCUT2D eigenvalue weighted by Crippen LogP contribution is 2.26. The first-order valence-corrected chi connectivity index (χ1v) is 8.87. The molecule has 3 aromatic rings. The quantitative estimate of drug-likeness (QED) is 0.771. The average molecular weight is 363 g/mol. The maximum atomic E-state index is 13.8. The smallest absolute Gasteiger partial charge is 0.265 e. The summed E-state index contributed by atoms with van der Waals surface area (Å²) in [6.45, 7) is 3.32. The maximum absolute atomic E-state index is 13.8. The molecule has 1 aromatic heterocycles. The summed E-state index contributed by atoms with van der Waals surface area (Å²) < 4.78 is 56.0. The van der Waals surface area contributed by atoms with Crippen LogP contribution >= 0.6 is 0 Å². The Hall–Kier alpha value is -2.74. The Labute approximate surface area is 144 Å². The SMILES string of the molecule is Cc1nn(-c2ccccc2)c(C)c1NS(=O)(=O)c1cc(F)ccc1F. The minimum Gasteiger partial charge on any atom is -0.276 e. The molecule has 3 rings (SSSR count). The molecule has 1 heterocycles. The van der Waals surface area contributed by atoms with Crippen LogP contribution in [0, 0.1) is 25.5 Å². The summed E-state index contributed by atoms with van der Waals surface area (Å²) in [5.74, 6) is -1.87. The molecule has 0 bridgehead atoms. The largest absolute Gasteiger partial charge is 0.276 e. The van der Waals surface area contributed by atoms with E-state index in [1.165, 1.54) is 0 Å². The van der Waals surface area contributed by atoms with E-state index in [1.807, 2.05) is 30.3 Å². The molecule has 0 unspecified atom stereocenters. The number of anilines is 1. The fourth-order valence-corrected chi connectivity index (χ4v) is 3.75. The molecule has 25 heavy (non-hydrogen) atoms. The molecule has 0 fully saturated rings. The molecule has 8 heteroatoms. The summed E-state index contributed by atoms with van der Waals surface area (Å²) in [6.07, 6.45) is 0. The number of benzene rings is 2. The van der Waals surface area contributed by atoms with Gasteiger partial charge in [-0.3, -0.25) is 4.72 Å². The zero-order valence-corrected chi connectivity index (χ0v) is 14.3. The third-order valence-electron chi connectivity index (χ3n) is 3.71. The van der Waals surface area contributed by atoms with Crippen molar-refractivity contribution in [2.45, 2.75) is 18.7 Å². The molecule has 0 saturated heterocycles.